The van der Waals surface area contributed by atoms with Crippen molar-refractivity contribution in [2.75, 3.05) is 50.8 Å². The number of piperidine rings is 1. The first kappa shape index (κ1) is 15.7. The zero-order valence-corrected chi connectivity index (χ0v) is 13.4. The number of hydrogen-bond donors (Lipinski definition) is 1. The second-order valence-corrected chi connectivity index (χ2v) is 6.46. The Bertz CT molecular complexity index is 475. The van der Waals surface area contributed by atoms with Crippen LogP contribution in [0.15, 0.2) is 18.2 Å². The molecule has 2 saturated heterocycles. The summed E-state index contributed by atoms with van der Waals surface area (Å²) in [5.74, 6) is 1.70. The highest BCUT2D eigenvalue weighted by Crippen LogP contribution is 2.24. The molecule has 1 N–H and O–H groups in total. The minimum atomic E-state index is -0.506. The van der Waals surface area contributed by atoms with Crippen LogP contribution in [-0.4, -0.2) is 60.9 Å². The van der Waals surface area contributed by atoms with Gasteiger partial charge in [-0.3, -0.25) is 4.90 Å². The smallest absolute Gasteiger partial charge is 0.128 e. The first-order valence-electron chi connectivity index (χ1n) is 8.42. The number of pyridine rings is 1. The number of aliphatic hydroxyl groups excluding tert-OH is 1. The van der Waals surface area contributed by atoms with E-state index in [0.717, 1.165) is 57.4 Å². The Morgan fingerprint density at radius 3 is 2.91 bits per heavy atom. The Kier molecular flexibility index (Phi) is 5.28. The number of anilines is 1. The third-order valence-electron chi connectivity index (χ3n) is 4.65. The van der Waals surface area contributed by atoms with Gasteiger partial charge in [0.25, 0.3) is 0 Å². The lowest BCUT2D eigenvalue weighted by molar-refractivity contribution is 0.0296. The van der Waals surface area contributed by atoms with E-state index in [1.165, 1.54) is 12.8 Å². The second-order valence-electron chi connectivity index (χ2n) is 6.46. The molecule has 5 heteroatoms. The van der Waals surface area contributed by atoms with E-state index in [2.05, 4.69) is 20.9 Å². The molecule has 2 fully saturated rings. The fourth-order valence-electron chi connectivity index (χ4n) is 3.42. The van der Waals surface area contributed by atoms with Crippen molar-refractivity contribution in [3.05, 3.63) is 23.9 Å². The molecular weight excluding hydrogens is 278 g/mol. The largest absolute Gasteiger partial charge is 0.387 e. The van der Waals surface area contributed by atoms with Crippen molar-refractivity contribution in [2.24, 2.45) is 5.92 Å². The van der Waals surface area contributed by atoms with E-state index in [1.807, 2.05) is 12.1 Å². The summed E-state index contributed by atoms with van der Waals surface area (Å²) in [6.45, 7) is 8.92. The molecule has 0 saturated carbocycles. The summed E-state index contributed by atoms with van der Waals surface area (Å²) in [6.07, 6.45) is 2.01. The lowest BCUT2D eigenvalue weighted by Crippen LogP contribution is -2.44. The van der Waals surface area contributed by atoms with Crippen molar-refractivity contribution in [1.82, 2.24) is 9.88 Å². The lowest BCUT2D eigenvalue weighted by Gasteiger charge is -2.37. The Labute approximate surface area is 132 Å². The van der Waals surface area contributed by atoms with Gasteiger partial charge in [0.05, 0.1) is 25.0 Å². The first-order chi connectivity index (χ1) is 10.7. The maximum Gasteiger partial charge on any atom is 0.128 e. The van der Waals surface area contributed by atoms with Crippen molar-refractivity contribution < 1.29 is 9.84 Å². The van der Waals surface area contributed by atoms with Gasteiger partial charge in [0, 0.05) is 32.7 Å². The number of hydrogen-bond acceptors (Lipinski definition) is 5. The number of ether oxygens (including phenoxy) is 1. The second kappa shape index (κ2) is 7.40. The maximum atomic E-state index is 9.72. The minimum absolute atomic E-state index is 0.506. The third-order valence-corrected chi connectivity index (χ3v) is 4.65. The Morgan fingerprint density at radius 1 is 1.32 bits per heavy atom. The molecule has 0 amide bonds. The highest BCUT2D eigenvalue weighted by Gasteiger charge is 2.24. The molecule has 2 aliphatic heterocycles. The molecule has 0 spiro atoms. The van der Waals surface area contributed by atoms with E-state index >= 15 is 0 Å². The van der Waals surface area contributed by atoms with Crippen molar-refractivity contribution >= 4 is 5.82 Å². The standard InChI is InChI=1S/C17H27N3O2/c1-14(21)16-5-2-6-17(18-16)20-7-3-4-15(13-20)12-19-8-10-22-11-9-19/h2,5-6,14-15,21H,3-4,7-13H2,1H3/t14?,15-/m1/s1. The maximum absolute atomic E-state index is 9.72. The molecule has 22 heavy (non-hydrogen) atoms. The Hall–Kier alpha value is -1.17. The average molecular weight is 305 g/mol. The van der Waals surface area contributed by atoms with E-state index in [1.54, 1.807) is 6.92 Å². The summed E-state index contributed by atoms with van der Waals surface area (Å²) in [4.78, 5) is 9.52. The minimum Gasteiger partial charge on any atom is -0.387 e. The average Bonchev–Trinajstić information content (AvgIpc) is 2.56. The van der Waals surface area contributed by atoms with Gasteiger partial charge in [-0.1, -0.05) is 6.07 Å². The zero-order chi connectivity index (χ0) is 15.4. The summed E-state index contributed by atoms with van der Waals surface area (Å²) < 4.78 is 5.43. The summed E-state index contributed by atoms with van der Waals surface area (Å²) in [5, 5.41) is 9.72. The molecule has 3 rings (SSSR count). The zero-order valence-electron chi connectivity index (χ0n) is 13.4. The fourth-order valence-corrected chi connectivity index (χ4v) is 3.42. The number of aliphatic hydroxyl groups is 1. The van der Waals surface area contributed by atoms with E-state index in [0.29, 0.717) is 5.92 Å². The normalized spacial score (nSPS) is 25.2. The van der Waals surface area contributed by atoms with E-state index in [-0.39, 0.29) is 0 Å². The topological polar surface area (TPSA) is 48.8 Å². The number of morpholine rings is 1. The van der Waals surface area contributed by atoms with Crippen LogP contribution in [0.5, 0.6) is 0 Å². The number of nitrogens with zero attached hydrogens (tertiary/aromatic N) is 3. The van der Waals surface area contributed by atoms with Gasteiger partial charge in [0.2, 0.25) is 0 Å². The SMILES string of the molecule is CC(O)c1cccc(N2CCC[C@H](CN3CCOCC3)C2)n1. The van der Waals surface area contributed by atoms with Crippen LogP contribution in [0, 0.1) is 5.92 Å². The monoisotopic (exact) mass is 305 g/mol. The quantitative estimate of drug-likeness (QED) is 0.917. The molecule has 0 radical (unpaired) electrons. The fraction of sp³-hybridized carbons (Fsp3) is 0.706. The van der Waals surface area contributed by atoms with Crippen LogP contribution in [0.2, 0.25) is 0 Å². The molecule has 2 aliphatic rings. The van der Waals surface area contributed by atoms with Gasteiger partial charge in [0.15, 0.2) is 0 Å². The molecule has 2 atom stereocenters. The van der Waals surface area contributed by atoms with Crippen LogP contribution in [0.4, 0.5) is 5.82 Å². The predicted molar refractivity (Wildman–Crippen MR) is 87.1 cm³/mol. The summed E-state index contributed by atoms with van der Waals surface area (Å²) in [5.41, 5.74) is 0.757. The Morgan fingerprint density at radius 2 is 2.14 bits per heavy atom. The molecule has 3 heterocycles. The molecule has 1 unspecified atom stereocenters. The molecule has 122 valence electrons. The Balaban J connectivity index is 1.61. The van der Waals surface area contributed by atoms with Crippen LogP contribution in [0.3, 0.4) is 0 Å². The van der Waals surface area contributed by atoms with Crippen molar-refractivity contribution in [2.45, 2.75) is 25.9 Å². The number of aromatic nitrogens is 1. The van der Waals surface area contributed by atoms with E-state index in [4.69, 9.17) is 4.74 Å². The molecule has 1 aromatic heterocycles. The lowest BCUT2D eigenvalue weighted by atomic mass is 9.97. The van der Waals surface area contributed by atoms with Gasteiger partial charge in [0.1, 0.15) is 5.82 Å². The van der Waals surface area contributed by atoms with Crippen molar-refractivity contribution in [1.29, 1.82) is 0 Å². The van der Waals surface area contributed by atoms with Crippen LogP contribution >= 0.6 is 0 Å². The van der Waals surface area contributed by atoms with Crippen molar-refractivity contribution in [3.8, 4) is 0 Å². The molecule has 0 aromatic carbocycles. The van der Waals surface area contributed by atoms with Gasteiger partial charge in [-0.25, -0.2) is 4.98 Å². The van der Waals surface area contributed by atoms with Gasteiger partial charge < -0.3 is 14.7 Å². The van der Waals surface area contributed by atoms with E-state index < -0.39 is 6.10 Å². The summed E-state index contributed by atoms with van der Waals surface area (Å²) >= 11 is 0. The molecular formula is C17H27N3O2. The first-order valence-corrected chi connectivity index (χ1v) is 8.42. The molecule has 1 aromatic rings. The van der Waals surface area contributed by atoms with Crippen LogP contribution in [0.25, 0.3) is 0 Å². The molecule has 0 bridgehead atoms. The highest BCUT2D eigenvalue weighted by atomic mass is 16.5. The van der Waals surface area contributed by atoms with E-state index in [9.17, 15) is 5.11 Å². The molecule has 0 aliphatic carbocycles. The number of rotatable bonds is 4. The van der Waals surface area contributed by atoms with Crippen LogP contribution in [0.1, 0.15) is 31.6 Å². The van der Waals surface area contributed by atoms with Gasteiger partial charge >= 0.3 is 0 Å². The van der Waals surface area contributed by atoms with Gasteiger partial charge in [-0.15, -0.1) is 0 Å². The summed E-state index contributed by atoms with van der Waals surface area (Å²) in [6, 6.07) is 5.95. The van der Waals surface area contributed by atoms with Gasteiger partial charge in [-0.05, 0) is 37.8 Å². The highest BCUT2D eigenvalue weighted by molar-refractivity contribution is 5.40. The third kappa shape index (κ3) is 3.97. The van der Waals surface area contributed by atoms with Gasteiger partial charge in [-0.2, -0.15) is 0 Å². The van der Waals surface area contributed by atoms with Crippen LogP contribution < -0.4 is 4.90 Å². The predicted octanol–water partition coefficient (Wildman–Crippen LogP) is 1.68. The van der Waals surface area contributed by atoms with Crippen LogP contribution in [-0.2, 0) is 4.74 Å². The van der Waals surface area contributed by atoms with Crippen molar-refractivity contribution in [3.63, 3.8) is 0 Å². The molecule has 5 nitrogen and oxygen atoms in total. The summed E-state index contributed by atoms with van der Waals surface area (Å²) in [7, 11) is 0.